The molecule has 3 heterocycles. The van der Waals surface area contributed by atoms with Crippen LogP contribution in [-0.2, 0) is 30.5 Å². The second kappa shape index (κ2) is 7.26. The summed E-state index contributed by atoms with van der Waals surface area (Å²) in [7, 11) is 0. The predicted octanol–water partition coefficient (Wildman–Crippen LogP) is 1.43. The number of β-lactam (4-membered cyclic amide) rings is 1. The van der Waals surface area contributed by atoms with Gasteiger partial charge in [0, 0.05) is 18.6 Å². The van der Waals surface area contributed by atoms with E-state index in [-0.39, 0.29) is 24.6 Å². The average Bonchev–Trinajstić information content (AvgIpc) is 3.21. The van der Waals surface area contributed by atoms with Gasteiger partial charge in [-0.3, -0.25) is 24.5 Å². The third kappa shape index (κ3) is 2.87. The van der Waals surface area contributed by atoms with E-state index >= 15 is 0 Å². The summed E-state index contributed by atoms with van der Waals surface area (Å²) in [6.07, 6.45) is 0.106. The van der Waals surface area contributed by atoms with Crippen LogP contribution in [0.15, 0.2) is 54.6 Å². The van der Waals surface area contributed by atoms with Gasteiger partial charge in [-0.2, -0.15) is 0 Å². The molecule has 3 aliphatic heterocycles. The molecule has 2 aromatic carbocycles. The van der Waals surface area contributed by atoms with Crippen LogP contribution in [0.2, 0.25) is 0 Å². The Morgan fingerprint density at radius 3 is 2.28 bits per heavy atom. The quantitative estimate of drug-likeness (QED) is 0.228. The number of rotatable bonds is 5. The van der Waals surface area contributed by atoms with E-state index in [1.54, 1.807) is 30.3 Å². The number of nitrogens with zero attached hydrogens (tertiary/aromatic N) is 3. The van der Waals surface area contributed by atoms with Crippen LogP contribution in [0.4, 0.5) is 11.4 Å². The highest BCUT2D eigenvalue weighted by molar-refractivity contribution is 6.24. The maximum Gasteiger partial charge on any atom is 0.330 e. The number of para-hydroxylation sites is 1. The molecule has 3 amide bonds. The Bertz CT molecular complexity index is 1150. The van der Waals surface area contributed by atoms with E-state index in [1.807, 2.05) is 0 Å². The molecule has 10 nitrogen and oxygen atoms in total. The number of carbonyl (C=O) groups excluding carboxylic acids is 4. The molecule has 3 fully saturated rings. The third-order valence-electron chi connectivity index (χ3n) is 6.27. The first-order chi connectivity index (χ1) is 15.4. The van der Waals surface area contributed by atoms with Crippen LogP contribution in [0.25, 0.3) is 0 Å². The minimum atomic E-state index is -1.17. The maximum absolute atomic E-state index is 13.2. The van der Waals surface area contributed by atoms with Crippen molar-refractivity contribution < 1.29 is 28.8 Å². The molecule has 0 spiro atoms. The molecule has 0 bridgehead atoms. The van der Waals surface area contributed by atoms with Crippen molar-refractivity contribution in [3.05, 3.63) is 70.3 Å². The van der Waals surface area contributed by atoms with Gasteiger partial charge in [0.25, 0.3) is 5.69 Å². The number of non-ortho nitro benzene ring substituents is 1. The lowest BCUT2D eigenvalue weighted by molar-refractivity contribution is -0.384. The smallest absolute Gasteiger partial charge is 0.330 e. The predicted molar refractivity (Wildman–Crippen MR) is 108 cm³/mol. The fraction of sp³-hybridized carbons (Fsp3) is 0.273. The van der Waals surface area contributed by atoms with Crippen molar-refractivity contribution in [3.8, 4) is 0 Å². The van der Waals surface area contributed by atoms with Crippen LogP contribution in [0.5, 0.6) is 0 Å². The van der Waals surface area contributed by atoms with E-state index in [2.05, 4.69) is 0 Å². The minimum Gasteiger partial charge on any atom is -0.459 e. The summed E-state index contributed by atoms with van der Waals surface area (Å²) in [5.41, 5.74) is 0.848. The first kappa shape index (κ1) is 19.9. The molecule has 0 N–H and O–H groups in total. The van der Waals surface area contributed by atoms with E-state index in [0.29, 0.717) is 11.3 Å². The molecule has 3 aliphatic rings. The number of carbonyl (C=O) groups is 4. The number of imide groups is 1. The van der Waals surface area contributed by atoms with Gasteiger partial charge in [0.05, 0.1) is 28.5 Å². The lowest BCUT2D eigenvalue weighted by Crippen LogP contribution is -2.58. The van der Waals surface area contributed by atoms with Crippen LogP contribution >= 0.6 is 0 Å². The van der Waals surface area contributed by atoms with Crippen molar-refractivity contribution in [2.24, 2.45) is 11.8 Å². The Labute approximate surface area is 181 Å². The highest BCUT2D eigenvalue weighted by Crippen LogP contribution is 2.49. The lowest BCUT2D eigenvalue weighted by Gasteiger charge is -2.39. The number of esters is 1. The van der Waals surface area contributed by atoms with Gasteiger partial charge in [-0.15, -0.1) is 0 Å². The van der Waals surface area contributed by atoms with E-state index in [1.165, 1.54) is 29.2 Å². The summed E-state index contributed by atoms with van der Waals surface area (Å²) in [6.45, 7) is -0.179. The summed E-state index contributed by atoms with van der Waals surface area (Å²) in [6, 6.07) is 12.3. The van der Waals surface area contributed by atoms with Gasteiger partial charge >= 0.3 is 5.97 Å². The molecule has 0 aliphatic carbocycles. The molecule has 2 aromatic rings. The van der Waals surface area contributed by atoms with Gasteiger partial charge in [0.2, 0.25) is 17.7 Å². The Morgan fingerprint density at radius 2 is 1.66 bits per heavy atom. The zero-order chi connectivity index (χ0) is 22.6. The summed E-state index contributed by atoms with van der Waals surface area (Å²) in [5.74, 6) is -3.79. The van der Waals surface area contributed by atoms with Crippen LogP contribution < -0.4 is 4.90 Å². The number of fused-ring (bicyclic) bond motifs is 3. The highest BCUT2D eigenvalue weighted by Gasteiger charge is 2.69. The fourth-order valence-electron chi connectivity index (χ4n) is 4.78. The van der Waals surface area contributed by atoms with Crippen molar-refractivity contribution in [1.82, 2.24) is 4.90 Å². The first-order valence-electron chi connectivity index (χ1n) is 10.0. The summed E-state index contributed by atoms with van der Waals surface area (Å²) in [4.78, 5) is 64.1. The normalized spacial score (nSPS) is 25.9. The lowest BCUT2D eigenvalue weighted by atomic mass is 9.87. The topological polar surface area (TPSA) is 127 Å². The molecule has 3 saturated heterocycles. The number of nitro groups is 1. The van der Waals surface area contributed by atoms with Gasteiger partial charge in [-0.1, -0.05) is 18.2 Å². The van der Waals surface area contributed by atoms with Crippen molar-refractivity contribution in [1.29, 1.82) is 0 Å². The van der Waals surface area contributed by atoms with Crippen LogP contribution in [0.3, 0.4) is 0 Å². The molecule has 5 rings (SSSR count). The molecular formula is C22H17N3O7. The molecule has 0 aromatic heterocycles. The fourth-order valence-corrected chi connectivity index (χ4v) is 4.78. The van der Waals surface area contributed by atoms with Crippen molar-refractivity contribution in [2.45, 2.75) is 25.1 Å². The SMILES string of the molecule is O=C(OCc1ccc([N+](=O)[O-])cc1)[C@@H]1[C@H]2C(=O)N(c3ccccc3)C(=O)[C@H]2[C@H]2CC(=O)N21. The van der Waals surface area contributed by atoms with E-state index in [4.69, 9.17) is 4.74 Å². The Morgan fingerprint density at radius 1 is 1.00 bits per heavy atom. The zero-order valence-corrected chi connectivity index (χ0v) is 16.6. The zero-order valence-electron chi connectivity index (χ0n) is 16.6. The van der Waals surface area contributed by atoms with Crippen LogP contribution in [0.1, 0.15) is 12.0 Å². The number of benzene rings is 2. The molecule has 10 heteroatoms. The molecule has 32 heavy (non-hydrogen) atoms. The van der Waals surface area contributed by atoms with Crippen molar-refractivity contribution >= 4 is 35.1 Å². The number of anilines is 1. The molecule has 4 atom stereocenters. The standard InChI is InChI=1S/C22H17N3O7/c26-16-10-15-17-18(21(28)23(20(17)27)13-4-2-1-3-5-13)19(24(15)16)22(29)32-11-12-6-8-14(9-7-12)25(30)31/h1-9,15,17-19H,10-11H2/t15-,17+,18+,19+/m1/s1. The maximum atomic E-state index is 13.2. The third-order valence-corrected chi connectivity index (χ3v) is 6.27. The molecule has 0 radical (unpaired) electrons. The minimum absolute atomic E-state index is 0.0937. The van der Waals surface area contributed by atoms with E-state index in [9.17, 15) is 29.3 Å². The van der Waals surface area contributed by atoms with Gasteiger partial charge in [-0.05, 0) is 29.8 Å². The van der Waals surface area contributed by atoms with Crippen LogP contribution in [0, 0.1) is 22.0 Å². The van der Waals surface area contributed by atoms with Crippen LogP contribution in [-0.4, -0.2) is 45.6 Å². The number of hydrogen-bond acceptors (Lipinski definition) is 7. The Balaban J connectivity index is 1.37. The second-order valence-electron chi connectivity index (χ2n) is 7.95. The Kier molecular flexibility index (Phi) is 4.50. The first-order valence-corrected chi connectivity index (χ1v) is 10.0. The van der Waals surface area contributed by atoms with Crippen molar-refractivity contribution in [2.75, 3.05) is 4.90 Å². The highest BCUT2D eigenvalue weighted by atomic mass is 16.6. The molecule has 0 unspecified atom stereocenters. The summed E-state index contributed by atoms with van der Waals surface area (Å²) >= 11 is 0. The average molecular weight is 435 g/mol. The summed E-state index contributed by atoms with van der Waals surface area (Å²) in [5, 5.41) is 10.8. The number of hydrogen-bond donors (Lipinski definition) is 0. The number of ether oxygens (including phenoxy) is 1. The van der Waals surface area contributed by atoms with E-state index < -0.39 is 46.6 Å². The molecular weight excluding hydrogens is 418 g/mol. The van der Waals surface area contributed by atoms with Gasteiger partial charge in [0.1, 0.15) is 12.6 Å². The number of nitro benzene ring substituents is 1. The molecule has 0 saturated carbocycles. The van der Waals surface area contributed by atoms with E-state index in [0.717, 1.165) is 4.90 Å². The second-order valence-corrected chi connectivity index (χ2v) is 7.95. The number of amides is 3. The molecule has 162 valence electrons. The monoisotopic (exact) mass is 435 g/mol. The summed E-state index contributed by atoms with van der Waals surface area (Å²) < 4.78 is 5.36. The van der Waals surface area contributed by atoms with Gasteiger partial charge in [0.15, 0.2) is 0 Å². The van der Waals surface area contributed by atoms with Gasteiger partial charge in [-0.25, -0.2) is 9.69 Å². The van der Waals surface area contributed by atoms with Gasteiger partial charge < -0.3 is 9.64 Å². The Hall–Kier alpha value is -4.08. The van der Waals surface area contributed by atoms with Crippen molar-refractivity contribution in [3.63, 3.8) is 0 Å². The largest absolute Gasteiger partial charge is 0.459 e.